The van der Waals surface area contributed by atoms with Crippen molar-refractivity contribution >= 4 is 28.9 Å². The minimum Gasteiger partial charge on any atom is -0.480 e. The number of carbonyl (C=O) groups excluding carboxylic acids is 2. The summed E-state index contributed by atoms with van der Waals surface area (Å²) in [6.07, 6.45) is 10.9. The second kappa shape index (κ2) is 9.60. The third kappa shape index (κ3) is 6.33. The third-order valence-corrected chi connectivity index (χ3v) is 4.26. The monoisotopic (exact) mass is 313 g/mol. The fourth-order valence-corrected chi connectivity index (χ4v) is 2.99. The van der Waals surface area contributed by atoms with Gasteiger partial charge in [0.25, 0.3) is 11.1 Å². The van der Waals surface area contributed by atoms with E-state index in [0.717, 1.165) is 35.9 Å². The number of nitrogens with zero attached hydrogens (tertiary/aromatic N) is 1. The van der Waals surface area contributed by atoms with Crippen molar-refractivity contribution in [2.45, 2.75) is 58.3 Å². The van der Waals surface area contributed by atoms with Crippen molar-refractivity contribution < 1.29 is 19.5 Å². The summed E-state index contributed by atoms with van der Waals surface area (Å²) >= 11 is 0.834. The van der Waals surface area contributed by atoms with Gasteiger partial charge in [-0.1, -0.05) is 51.5 Å². The van der Waals surface area contributed by atoms with Crippen LogP contribution in [0.3, 0.4) is 0 Å². The lowest BCUT2D eigenvalue weighted by Gasteiger charge is -2.07. The van der Waals surface area contributed by atoms with Gasteiger partial charge < -0.3 is 5.11 Å². The Bertz CT molecular complexity index is 420. The molecule has 0 unspecified atom stereocenters. The largest absolute Gasteiger partial charge is 0.480 e. The molecule has 0 aliphatic carbocycles. The van der Waals surface area contributed by atoms with Crippen LogP contribution >= 0.6 is 11.8 Å². The summed E-state index contributed by atoms with van der Waals surface area (Å²) in [5.41, 5.74) is 0. The van der Waals surface area contributed by atoms with Crippen LogP contribution in [-0.2, 0) is 9.59 Å². The van der Waals surface area contributed by atoms with E-state index in [4.69, 9.17) is 5.11 Å². The van der Waals surface area contributed by atoms with E-state index in [1.165, 1.54) is 32.1 Å². The molecule has 1 N–H and O–H groups in total. The number of carboxylic acid groups (broad SMARTS) is 1. The van der Waals surface area contributed by atoms with Crippen molar-refractivity contribution in [3.05, 3.63) is 11.0 Å². The molecule has 6 heteroatoms. The van der Waals surface area contributed by atoms with Gasteiger partial charge >= 0.3 is 5.97 Å². The standard InChI is InChI=1S/C15H23NO4S/c1-2-3-4-5-6-7-8-9-10-12-14(19)16(11-13(17)18)15(20)21-12/h10H,2-9,11H2,1H3,(H,17,18)/b12-10+. The first-order valence-electron chi connectivity index (χ1n) is 7.52. The second-order valence-corrected chi connectivity index (χ2v) is 6.12. The van der Waals surface area contributed by atoms with Crippen LogP contribution in [-0.4, -0.2) is 33.7 Å². The maximum absolute atomic E-state index is 11.8. The number of hydrogen-bond acceptors (Lipinski definition) is 4. The molecule has 2 amide bonds. The molecule has 1 rings (SSSR count). The van der Waals surface area contributed by atoms with Crippen LogP contribution in [0.25, 0.3) is 0 Å². The van der Waals surface area contributed by atoms with E-state index in [9.17, 15) is 14.4 Å². The van der Waals surface area contributed by atoms with Gasteiger partial charge in [0.2, 0.25) is 0 Å². The number of imide groups is 1. The molecular formula is C15H23NO4S. The molecule has 1 fully saturated rings. The average Bonchev–Trinajstić information content (AvgIpc) is 2.69. The number of hydrogen-bond donors (Lipinski definition) is 1. The van der Waals surface area contributed by atoms with Gasteiger partial charge in [0.1, 0.15) is 6.54 Å². The van der Waals surface area contributed by atoms with Crippen LogP contribution in [0.2, 0.25) is 0 Å². The van der Waals surface area contributed by atoms with E-state index in [2.05, 4.69) is 6.92 Å². The van der Waals surface area contributed by atoms with Gasteiger partial charge in [-0.2, -0.15) is 0 Å². The molecule has 0 saturated carbocycles. The number of thioether (sulfide) groups is 1. The number of aliphatic carboxylic acids is 1. The summed E-state index contributed by atoms with van der Waals surface area (Å²) < 4.78 is 0. The smallest absolute Gasteiger partial charge is 0.323 e. The Balaban J connectivity index is 2.26. The summed E-state index contributed by atoms with van der Waals surface area (Å²) in [6, 6.07) is 0. The van der Waals surface area contributed by atoms with E-state index in [1.807, 2.05) is 0 Å². The Morgan fingerprint density at radius 2 is 1.76 bits per heavy atom. The van der Waals surface area contributed by atoms with Gasteiger partial charge in [0, 0.05) is 0 Å². The predicted molar refractivity (Wildman–Crippen MR) is 83.0 cm³/mol. The number of rotatable bonds is 10. The number of allylic oxidation sites excluding steroid dienone is 1. The van der Waals surface area contributed by atoms with E-state index < -0.39 is 23.7 Å². The van der Waals surface area contributed by atoms with E-state index >= 15 is 0 Å². The quantitative estimate of drug-likeness (QED) is 0.490. The van der Waals surface area contributed by atoms with Crippen LogP contribution in [0.1, 0.15) is 58.3 Å². The summed E-state index contributed by atoms with van der Waals surface area (Å²) in [5.74, 6) is -1.65. The zero-order valence-electron chi connectivity index (χ0n) is 12.5. The highest BCUT2D eigenvalue weighted by Gasteiger charge is 2.35. The Hall–Kier alpha value is -1.30. The van der Waals surface area contributed by atoms with Crippen LogP contribution < -0.4 is 0 Å². The first-order valence-corrected chi connectivity index (χ1v) is 8.33. The van der Waals surface area contributed by atoms with Gasteiger partial charge in [-0.25, -0.2) is 0 Å². The average molecular weight is 313 g/mol. The number of amides is 2. The zero-order valence-corrected chi connectivity index (χ0v) is 13.3. The summed E-state index contributed by atoms with van der Waals surface area (Å²) in [4.78, 5) is 35.1. The first kappa shape index (κ1) is 17.8. The second-order valence-electron chi connectivity index (χ2n) is 5.13. The van der Waals surface area contributed by atoms with E-state index in [1.54, 1.807) is 6.08 Å². The SMILES string of the molecule is CCCCCCCCC/C=C1/SC(=O)N(CC(=O)O)C1=O. The summed E-state index contributed by atoms with van der Waals surface area (Å²) in [7, 11) is 0. The fraction of sp³-hybridized carbons (Fsp3) is 0.667. The molecule has 0 aromatic carbocycles. The molecule has 1 heterocycles. The van der Waals surface area contributed by atoms with Crippen molar-refractivity contribution in [3.63, 3.8) is 0 Å². The van der Waals surface area contributed by atoms with Gasteiger partial charge in [0.05, 0.1) is 4.91 Å². The minimum absolute atomic E-state index is 0.368. The molecule has 118 valence electrons. The Kier molecular flexibility index (Phi) is 8.12. The highest BCUT2D eigenvalue weighted by Crippen LogP contribution is 2.30. The van der Waals surface area contributed by atoms with Crippen LogP contribution in [0, 0.1) is 0 Å². The molecule has 5 nitrogen and oxygen atoms in total. The molecule has 1 aliphatic rings. The maximum atomic E-state index is 11.8. The van der Waals surface area contributed by atoms with Crippen molar-refractivity contribution in [2.24, 2.45) is 0 Å². The fourth-order valence-electron chi connectivity index (χ4n) is 2.14. The van der Waals surface area contributed by atoms with E-state index in [-0.39, 0.29) is 0 Å². The lowest BCUT2D eigenvalue weighted by Crippen LogP contribution is -2.33. The normalized spacial score (nSPS) is 17.0. The maximum Gasteiger partial charge on any atom is 0.323 e. The Morgan fingerprint density at radius 1 is 1.14 bits per heavy atom. The van der Waals surface area contributed by atoms with Crippen LogP contribution in [0.4, 0.5) is 4.79 Å². The molecular weight excluding hydrogens is 290 g/mol. The van der Waals surface area contributed by atoms with Gasteiger partial charge in [-0.3, -0.25) is 19.3 Å². The van der Waals surface area contributed by atoms with Gasteiger partial charge in [-0.15, -0.1) is 0 Å². The molecule has 0 radical (unpaired) electrons. The number of unbranched alkanes of at least 4 members (excludes halogenated alkanes) is 7. The molecule has 0 aromatic heterocycles. The molecule has 21 heavy (non-hydrogen) atoms. The Labute approximate surface area is 129 Å². The van der Waals surface area contributed by atoms with Crippen LogP contribution in [0.5, 0.6) is 0 Å². The number of carboxylic acids is 1. The molecule has 0 atom stereocenters. The van der Waals surface area contributed by atoms with Crippen molar-refractivity contribution in [1.82, 2.24) is 4.90 Å². The number of carbonyl (C=O) groups is 3. The van der Waals surface area contributed by atoms with Gasteiger partial charge in [-0.05, 0) is 24.6 Å². The highest BCUT2D eigenvalue weighted by molar-refractivity contribution is 8.18. The molecule has 0 bridgehead atoms. The molecule has 1 aliphatic heterocycles. The third-order valence-electron chi connectivity index (χ3n) is 3.30. The van der Waals surface area contributed by atoms with Gasteiger partial charge in [0.15, 0.2) is 0 Å². The lowest BCUT2D eigenvalue weighted by molar-refractivity contribution is -0.140. The van der Waals surface area contributed by atoms with E-state index in [0.29, 0.717) is 4.91 Å². The molecule has 0 spiro atoms. The minimum atomic E-state index is -1.18. The lowest BCUT2D eigenvalue weighted by atomic mass is 10.1. The predicted octanol–water partition coefficient (Wildman–Crippen LogP) is 3.79. The van der Waals surface area contributed by atoms with Crippen molar-refractivity contribution in [1.29, 1.82) is 0 Å². The molecule has 1 saturated heterocycles. The van der Waals surface area contributed by atoms with Crippen LogP contribution in [0.15, 0.2) is 11.0 Å². The first-order chi connectivity index (χ1) is 10.1. The highest BCUT2D eigenvalue weighted by atomic mass is 32.2. The van der Waals surface area contributed by atoms with Crippen molar-refractivity contribution in [2.75, 3.05) is 6.54 Å². The zero-order chi connectivity index (χ0) is 15.7. The summed E-state index contributed by atoms with van der Waals surface area (Å²) in [6.45, 7) is 1.64. The molecule has 0 aromatic rings. The summed E-state index contributed by atoms with van der Waals surface area (Å²) in [5, 5.41) is 8.16. The van der Waals surface area contributed by atoms with Crippen molar-refractivity contribution in [3.8, 4) is 0 Å². The topological polar surface area (TPSA) is 74.7 Å². The Morgan fingerprint density at radius 3 is 2.38 bits per heavy atom.